The van der Waals surface area contributed by atoms with E-state index in [1.165, 1.54) is 11.8 Å². The van der Waals surface area contributed by atoms with Crippen LogP contribution in [0, 0.1) is 6.92 Å². The number of benzene rings is 1. The van der Waals surface area contributed by atoms with Gasteiger partial charge in [-0.15, -0.1) is 10.2 Å². The fourth-order valence-corrected chi connectivity index (χ4v) is 3.16. The molecule has 140 valence electrons. The highest BCUT2D eigenvalue weighted by molar-refractivity contribution is 7.99. The predicted octanol–water partition coefficient (Wildman–Crippen LogP) is 2.61. The SMILES string of the molecule is CCOC(=O)c1ccc(NC(=O)CSc2nnc(C)n2-n2cccc2)cc1. The summed E-state index contributed by atoms with van der Waals surface area (Å²) in [4.78, 5) is 23.9. The van der Waals surface area contributed by atoms with Crippen LogP contribution in [-0.2, 0) is 9.53 Å². The first-order valence-electron chi connectivity index (χ1n) is 8.34. The Morgan fingerprint density at radius 3 is 2.52 bits per heavy atom. The van der Waals surface area contributed by atoms with E-state index in [9.17, 15) is 9.59 Å². The lowest BCUT2D eigenvalue weighted by Gasteiger charge is -2.09. The molecule has 3 rings (SSSR count). The van der Waals surface area contributed by atoms with Gasteiger partial charge in [0.05, 0.1) is 17.9 Å². The smallest absolute Gasteiger partial charge is 0.338 e. The van der Waals surface area contributed by atoms with Crippen molar-refractivity contribution in [2.24, 2.45) is 0 Å². The minimum atomic E-state index is -0.384. The molecule has 0 saturated carbocycles. The summed E-state index contributed by atoms with van der Waals surface area (Å²) in [6, 6.07) is 10.4. The van der Waals surface area contributed by atoms with Crippen LogP contribution in [0.4, 0.5) is 5.69 Å². The number of nitrogens with zero attached hydrogens (tertiary/aromatic N) is 4. The van der Waals surface area contributed by atoms with Gasteiger partial charge in [-0.3, -0.25) is 9.47 Å². The number of esters is 1. The summed E-state index contributed by atoms with van der Waals surface area (Å²) in [5.41, 5.74) is 1.05. The summed E-state index contributed by atoms with van der Waals surface area (Å²) < 4.78 is 8.61. The number of nitrogens with one attached hydrogen (secondary N) is 1. The van der Waals surface area contributed by atoms with Gasteiger partial charge >= 0.3 is 5.97 Å². The Morgan fingerprint density at radius 2 is 1.85 bits per heavy atom. The van der Waals surface area contributed by atoms with Crippen LogP contribution in [-0.4, -0.2) is 43.8 Å². The molecule has 2 aromatic heterocycles. The number of amides is 1. The van der Waals surface area contributed by atoms with Gasteiger partial charge in [-0.25, -0.2) is 9.47 Å². The minimum Gasteiger partial charge on any atom is -0.462 e. The van der Waals surface area contributed by atoms with Gasteiger partial charge in [-0.05, 0) is 50.2 Å². The number of thioether (sulfide) groups is 1. The lowest BCUT2D eigenvalue weighted by molar-refractivity contribution is -0.113. The zero-order valence-electron chi connectivity index (χ0n) is 15.0. The van der Waals surface area contributed by atoms with E-state index in [4.69, 9.17) is 4.74 Å². The number of aryl methyl sites for hydroxylation is 1. The maximum absolute atomic E-state index is 12.2. The molecular formula is C18H19N5O3S. The van der Waals surface area contributed by atoms with E-state index in [1.54, 1.807) is 31.2 Å². The van der Waals surface area contributed by atoms with Crippen LogP contribution < -0.4 is 5.32 Å². The highest BCUT2D eigenvalue weighted by Gasteiger charge is 2.13. The molecule has 8 nitrogen and oxygen atoms in total. The second kappa shape index (κ2) is 8.54. The lowest BCUT2D eigenvalue weighted by atomic mass is 10.2. The van der Waals surface area contributed by atoms with E-state index in [0.29, 0.717) is 23.0 Å². The second-order valence-electron chi connectivity index (χ2n) is 5.54. The molecule has 1 aromatic carbocycles. The molecule has 0 fully saturated rings. The summed E-state index contributed by atoms with van der Waals surface area (Å²) >= 11 is 1.29. The Morgan fingerprint density at radius 1 is 1.15 bits per heavy atom. The highest BCUT2D eigenvalue weighted by Crippen LogP contribution is 2.18. The molecule has 0 radical (unpaired) electrons. The Kier molecular flexibility index (Phi) is 5.92. The fraction of sp³-hybridized carbons (Fsp3) is 0.222. The third-order valence-corrected chi connectivity index (χ3v) is 4.52. The molecule has 0 aliphatic rings. The van der Waals surface area contributed by atoms with Crippen molar-refractivity contribution >= 4 is 29.3 Å². The lowest BCUT2D eigenvalue weighted by Crippen LogP contribution is -2.16. The third-order valence-electron chi connectivity index (χ3n) is 3.60. The first-order valence-corrected chi connectivity index (χ1v) is 9.32. The Hall–Kier alpha value is -3.07. The van der Waals surface area contributed by atoms with Crippen molar-refractivity contribution in [1.29, 1.82) is 0 Å². The number of aromatic nitrogens is 4. The van der Waals surface area contributed by atoms with E-state index in [2.05, 4.69) is 15.5 Å². The van der Waals surface area contributed by atoms with Crippen LogP contribution in [0.25, 0.3) is 0 Å². The van der Waals surface area contributed by atoms with Crippen LogP contribution in [0.2, 0.25) is 0 Å². The summed E-state index contributed by atoms with van der Waals surface area (Å²) in [6.45, 7) is 3.92. The van der Waals surface area contributed by atoms with Gasteiger partial charge in [0.25, 0.3) is 0 Å². The zero-order chi connectivity index (χ0) is 19.2. The fourth-order valence-electron chi connectivity index (χ4n) is 2.38. The zero-order valence-corrected chi connectivity index (χ0v) is 15.8. The Labute approximate surface area is 160 Å². The van der Waals surface area contributed by atoms with E-state index in [0.717, 1.165) is 5.82 Å². The first-order chi connectivity index (χ1) is 13.1. The van der Waals surface area contributed by atoms with Gasteiger partial charge in [0.2, 0.25) is 11.1 Å². The molecule has 0 atom stereocenters. The van der Waals surface area contributed by atoms with Crippen molar-refractivity contribution in [2.45, 2.75) is 19.0 Å². The van der Waals surface area contributed by atoms with Crippen LogP contribution in [0.1, 0.15) is 23.1 Å². The van der Waals surface area contributed by atoms with E-state index in [-0.39, 0.29) is 17.6 Å². The molecule has 3 aromatic rings. The van der Waals surface area contributed by atoms with Crippen LogP contribution in [0.3, 0.4) is 0 Å². The van der Waals surface area contributed by atoms with Gasteiger partial charge in [0, 0.05) is 18.1 Å². The summed E-state index contributed by atoms with van der Waals surface area (Å²) in [5, 5.41) is 11.6. The van der Waals surface area contributed by atoms with Crippen molar-refractivity contribution in [3.8, 4) is 0 Å². The first kappa shape index (κ1) is 18.7. The standard InChI is InChI=1S/C18H19N5O3S/c1-3-26-17(25)14-6-8-15(9-7-14)19-16(24)12-27-18-21-20-13(2)23(18)22-10-4-5-11-22/h4-11H,3,12H2,1-2H3,(H,19,24). The van der Waals surface area contributed by atoms with Crippen LogP contribution >= 0.6 is 11.8 Å². The number of hydrogen-bond donors (Lipinski definition) is 1. The number of hydrogen-bond acceptors (Lipinski definition) is 6. The maximum Gasteiger partial charge on any atom is 0.338 e. The van der Waals surface area contributed by atoms with Crippen molar-refractivity contribution in [3.05, 3.63) is 60.2 Å². The Balaban J connectivity index is 1.59. The van der Waals surface area contributed by atoms with Gasteiger partial charge in [-0.2, -0.15) is 0 Å². The van der Waals surface area contributed by atoms with Gasteiger partial charge < -0.3 is 10.1 Å². The van der Waals surface area contributed by atoms with Crippen LogP contribution in [0.15, 0.2) is 53.9 Å². The molecule has 0 unspecified atom stereocenters. The molecular weight excluding hydrogens is 366 g/mol. The highest BCUT2D eigenvalue weighted by atomic mass is 32.2. The maximum atomic E-state index is 12.2. The molecule has 0 aliphatic heterocycles. The molecule has 1 N–H and O–H groups in total. The van der Waals surface area contributed by atoms with E-state index in [1.807, 2.05) is 40.8 Å². The summed E-state index contributed by atoms with van der Waals surface area (Å²) in [7, 11) is 0. The van der Waals surface area contributed by atoms with Crippen LogP contribution in [0.5, 0.6) is 0 Å². The van der Waals surface area contributed by atoms with Gasteiger partial charge in [-0.1, -0.05) is 11.8 Å². The second-order valence-corrected chi connectivity index (χ2v) is 6.48. The van der Waals surface area contributed by atoms with Gasteiger partial charge in [0.15, 0.2) is 5.82 Å². The van der Waals surface area contributed by atoms with Crippen molar-refractivity contribution in [1.82, 2.24) is 19.5 Å². The quantitative estimate of drug-likeness (QED) is 0.497. The number of carbonyl (C=O) groups is 2. The summed E-state index contributed by atoms with van der Waals surface area (Å²) in [5.74, 6) is 0.344. The number of carbonyl (C=O) groups excluding carboxylic acids is 2. The Bertz CT molecular complexity index is 919. The van der Waals surface area contributed by atoms with Crippen molar-refractivity contribution in [3.63, 3.8) is 0 Å². The number of ether oxygens (including phenoxy) is 1. The van der Waals surface area contributed by atoms with E-state index < -0.39 is 0 Å². The number of rotatable bonds is 7. The molecule has 2 heterocycles. The minimum absolute atomic E-state index is 0.177. The average molecular weight is 385 g/mol. The molecule has 0 saturated heterocycles. The molecule has 0 bridgehead atoms. The third kappa shape index (κ3) is 4.56. The molecule has 1 amide bonds. The molecule has 0 spiro atoms. The monoisotopic (exact) mass is 385 g/mol. The molecule has 9 heteroatoms. The van der Waals surface area contributed by atoms with E-state index >= 15 is 0 Å². The largest absolute Gasteiger partial charge is 0.462 e. The molecule has 0 aliphatic carbocycles. The normalized spacial score (nSPS) is 10.6. The van der Waals surface area contributed by atoms with Crippen molar-refractivity contribution in [2.75, 3.05) is 17.7 Å². The average Bonchev–Trinajstić information content (AvgIpc) is 3.30. The topological polar surface area (TPSA) is 91.0 Å². The summed E-state index contributed by atoms with van der Waals surface area (Å²) in [6.07, 6.45) is 3.76. The molecule has 27 heavy (non-hydrogen) atoms. The predicted molar refractivity (Wildman–Crippen MR) is 102 cm³/mol. The number of anilines is 1. The van der Waals surface area contributed by atoms with Crippen molar-refractivity contribution < 1.29 is 14.3 Å². The van der Waals surface area contributed by atoms with Gasteiger partial charge in [0.1, 0.15) is 0 Å².